The fourth-order valence-corrected chi connectivity index (χ4v) is 4.33. The molecule has 29 heavy (non-hydrogen) atoms. The van der Waals surface area contributed by atoms with Crippen LogP contribution < -0.4 is 5.32 Å². The Morgan fingerprint density at radius 3 is 2.31 bits per heavy atom. The Balaban J connectivity index is 0.00000300. The van der Waals surface area contributed by atoms with Gasteiger partial charge in [-0.3, -0.25) is 14.7 Å². The second-order valence-electron chi connectivity index (χ2n) is 8.64. The number of rotatable bonds is 8. The van der Waals surface area contributed by atoms with Gasteiger partial charge in [-0.1, -0.05) is 0 Å². The van der Waals surface area contributed by atoms with Crippen LogP contribution in [-0.2, 0) is 9.53 Å². The molecule has 3 aliphatic rings. The first-order valence-electron chi connectivity index (χ1n) is 11.1. The van der Waals surface area contributed by atoms with Gasteiger partial charge in [0.05, 0.1) is 6.04 Å². The van der Waals surface area contributed by atoms with E-state index in [-0.39, 0.29) is 30.0 Å². The van der Waals surface area contributed by atoms with Crippen molar-refractivity contribution in [3.05, 3.63) is 0 Å². The highest BCUT2D eigenvalue weighted by Crippen LogP contribution is 2.49. The molecular formula is C21H40IN5O2. The lowest BCUT2D eigenvalue weighted by molar-refractivity contribution is -0.135. The average Bonchev–Trinajstić information content (AvgIpc) is 3.28. The van der Waals surface area contributed by atoms with Crippen molar-refractivity contribution in [2.45, 2.75) is 52.0 Å². The van der Waals surface area contributed by atoms with Gasteiger partial charge in [-0.2, -0.15) is 0 Å². The standard InChI is InChI=1S/C21H39N5O2.HI/c1-4-22-20(23-17-21(7-8-21)9-16-28-3)26-14-12-24(13-15-26)18(2)19(27)25-10-5-6-11-25;/h18H,4-17H2,1-3H3,(H,22,23);1H. The third-order valence-electron chi connectivity index (χ3n) is 6.63. The van der Waals surface area contributed by atoms with Crippen LogP contribution in [0.5, 0.6) is 0 Å². The van der Waals surface area contributed by atoms with Gasteiger partial charge in [0.1, 0.15) is 0 Å². The summed E-state index contributed by atoms with van der Waals surface area (Å²) in [6, 6.07) is -0.0106. The zero-order valence-electron chi connectivity index (χ0n) is 18.5. The quantitative estimate of drug-likeness (QED) is 0.301. The number of aliphatic imine (C=N–C) groups is 1. The number of hydrogen-bond donors (Lipinski definition) is 1. The van der Waals surface area contributed by atoms with Crippen LogP contribution in [-0.4, -0.2) is 98.7 Å². The molecule has 0 spiro atoms. The smallest absolute Gasteiger partial charge is 0.239 e. The minimum Gasteiger partial charge on any atom is -0.385 e. The van der Waals surface area contributed by atoms with Crippen LogP contribution in [0.15, 0.2) is 4.99 Å². The number of nitrogens with one attached hydrogen (secondary N) is 1. The van der Waals surface area contributed by atoms with Crippen LogP contribution >= 0.6 is 24.0 Å². The van der Waals surface area contributed by atoms with E-state index in [1.807, 2.05) is 4.90 Å². The lowest BCUT2D eigenvalue weighted by Crippen LogP contribution is -2.57. The maximum Gasteiger partial charge on any atom is 0.239 e. The Morgan fingerprint density at radius 2 is 1.76 bits per heavy atom. The predicted octanol–water partition coefficient (Wildman–Crippen LogP) is 2.02. The first kappa shape index (κ1) is 24.7. The monoisotopic (exact) mass is 521 g/mol. The summed E-state index contributed by atoms with van der Waals surface area (Å²) in [6.45, 7) is 12.4. The first-order valence-corrected chi connectivity index (χ1v) is 11.1. The van der Waals surface area contributed by atoms with Gasteiger partial charge in [-0.15, -0.1) is 24.0 Å². The summed E-state index contributed by atoms with van der Waals surface area (Å²) in [6.07, 6.45) is 5.95. The van der Waals surface area contributed by atoms with E-state index in [0.717, 1.165) is 84.2 Å². The number of hydrogen-bond acceptors (Lipinski definition) is 4. The summed E-state index contributed by atoms with van der Waals surface area (Å²) in [4.78, 5) is 24.4. The van der Waals surface area contributed by atoms with Gasteiger partial charge in [-0.05, 0) is 51.4 Å². The van der Waals surface area contributed by atoms with E-state index in [0.29, 0.717) is 11.3 Å². The predicted molar refractivity (Wildman–Crippen MR) is 128 cm³/mol. The molecule has 1 unspecified atom stereocenters. The van der Waals surface area contributed by atoms with E-state index in [9.17, 15) is 4.79 Å². The lowest BCUT2D eigenvalue weighted by atomic mass is 10.0. The molecule has 1 atom stereocenters. The molecule has 2 aliphatic heterocycles. The Bertz CT molecular complexity index is 541. The van der Waals surface area contributed by atoms with E-state index in [1.165, 1.54) is 12.8 Å². The molecule has 168 valence electrons. The molecule has 1 amide bonds. The largest absolute Gasteiger partial charge is 0.385 e. The number of halogens is 1. The fraction of sp³-hybridized carbons (Fsp3) is 0.905. The van der Waals surface area contributed by atoms with Crippen molar-refractivity contribution in [3.63, 3.8) is 0 Å². The molecule has 8 heteroatoms. The minimum atomic E-state index is -0.0106. The zero-order valence-corrected chi connectivity index (χ0v) is 20.8. The minimum absolute atomic E-state index is 0. The van der Waals surface area contributed by atoms with Gasteiger partial charge in [0, 0.05) is 66.1 Å². The van der Waals surface area contributed by atoms with Crippen LogP contribution in [0.25, 0.3) is 0 Å². The average molecular weight is 521 g/mol. The van der Waals surface area contributed by atoms with Crippen molar-refractivity contribution in [2.75, 3.05) is 66.1 Å². The molecule has 0 aromatic heterocycles. The van der Waals surface area contributed by atoms with Crippen molar-refractivity contribution in [3.8, 4) is 0 Å². The van der Waals surface area contributed by atoms with Crippen molar-refractivity contribution in [2.24, 2.45) is 10.4 Å². The van der Waals surface area contributed by atoms with Crippen LogP contribution in [0.1, 0.15) is 46.0 Å². The van der Waals surface area contributed by atoms with Gasteiger partial charge >= 0.3 is 0 Å². The Morgan fingerprint density at radius 1 is 1.10 bits per heavy atom. The number of methoxy groups -OCH3 is 1. The SMILES string of the molecule is CCNC(=NCC1(CCOC)CC1)N1CCN(C(C)C(=O)N2CCCC2)CC1.I. The number of nitrogens with zero attached hydrogens (tertiary/aromatic N) is 4. The van der Waals surface area contributed by atoms with Gasteiger partial charge in [-0.25, -0.2) is 0 Å². The molecular weight excluding hydrogens is 481 g/mol. The number of piperazine rings is 1. The van der Waals surface area contributed by atoms with Gasteiger partial charge < -0.3 is 19.9 Å². The molecule has 1 N–H and O–H groups in total. The van der Waals surface area contributed by atoms with Crippen molar-refractivity contribution < 1.29 is 9.53 Å². The Labute approximate surface area is 193 Å². The van der Waals surface area contributed by atoms with E-state index >= 15 is 0 Å². The Kier molecular flexibility index (Phi) is 9.94. The van der Waals surface area contributed by atoms with Gasteiger partial charge in [0.15, 0.2) is 5.96 Å². The third kappa shape index (κ3) is 6.69. The lowest BCUT2D eigenvalue weighted by Gasteiger charge is -2.39. The molecule has 0 aromatic rings. The number of carbonyl (C=O) groups is 1. The highest BCUT2D eigenvalue weighted by Gasteiger charge is 2.42. The van der Waals surface area contributed by atoms with Gasteiger partial charge in [0.25, 0.3) is 0 Å². The molecule has 2 heterocycles. The molecule has 7 nitrogen and oxygen atoms in total. The van der Waals surface area contributed by atoms with Crippen molar-refractivity contribution >= 4 is 35.8 Å². The van der Waals surface area contributed by atoms with Crippen LogP contribution in [0, 0.1) is 5.41 Å². The normalized spacial score (nSPS) is 22.9. The number of amides is 1. The molecule has 1 aliphatic carbocycles. The fourth-order valence-electron chi connectivity index (χ4n) is 4.33. The van der Waals surface area contributed by atoms with Crippen molar-refractivity contribution in [1.29, 1.82) is 0 Å². The Hall–Kier alpha value is -0.610. The molecule has 2 saturated heterocycles. The molecule has 0 radical (unpaired) electrons. The summed E-state index contributed by atoms with van der Waals surface area (Å²) in [7, 11) is 1.78. The maximum atomic E-state index is 12.7. The molecule has 0 bridgehead atoms. The number of ether oxygens (including phenoxy) is 1. The van der Waals surface area contributed by atoms with E-state index < -0.39 is 0 Å². The van der Waals surface area contributed by atoms with Crippen LogP contribution in [0.4, 0.5) is 0 Å². The highest BCUT2D eigenvalue weighted by molar-refractivity contribution is 14.0. The topological polar surface area (TPSA) is 60.4 Å². The van der Waals surface area contributed by atoms with E-state index in [4.69, 9.17) is 9.73 Å². The maximum absolute atomic E-state index is 12.7. The van der Waals surface area contributed by atoms with Crippen LogP contribution in [0.2, 0.25) is 0 Å². The second-order valence-corrected chi connectivity index (χ2v) is 8.64. The molecule has 3 fully saturated rings. The number of carbonyl (C=O) groups excluding carboxylic acids is 1. The van der Waals surface area contributed by atoms with E-state index in [1.54, 1.807) is 7.11 Å². The number of likely N-dealkylation sites (tertiary alicyclic amines) is 1. The molecule has 0 aromatic carbocycles. The molecule has 3 rings (SSSR count). The summed E-state index contributed by atoms with van der Waals surface area (Å²) in [5.74, 6) is 1.34. The zero-order chi connectivity index (χ0) is 20.0. The summed E-state index contributed by atoms with van der Waals surface area (Å²) in [5.41, 5.74) is 0.370. The highest BCUT2D eigenvalue weighted by atomic mass is 127. The number of guanidine groups is 1. The van der Waals surface area contributed by atoms with E-state index in [2.05, 4.69) is 29.0 Å². The van der Waals surface area contributed by atoms with Gasteiger partial charge in [0.2, 0.25) is 5.91 Å². The summed E-state index contributed by atoms with van der Waals surface area (Å²) >= 11 is 0. The van der Waals surface area contributed by atoms with Crippen LogP contribution in [0.3, 0.4) is 0 Å². The first-order chi connectivity index (χ1) is 13.6. The second kappa shape index (κ2) is 11.7. The summed E-state index contributed by atoms with van der Waals surface area (Å²) in [5, 5.41) is 3.47. The van der Waals surface area contributed by atoms with Crippen molar-refractivity contribution in [1.82, 2.24) is 20.0 Å². The molecule has 1 saturated carbocycles. The summed E-state index contributed by atoms with van der Waals surface area (Å²) < 4.78 is 5.27. The third-order valence-corrected chi connectivity index (χ3v) is 6.63.